The van der Waals surface area contributed by atoms with Crippen LogP contribution in [0.3, 0.4) is 0 Å². The summed E-state index contributed by atoms with van der Waals surface area (Å²) in [5.41, 5.74) is 0.124. The lowest BCUT2D eigenvalue weighted by Gasteiger charge is -2.62. The molecule has 170 valence electrons. The molecule has 0 aromatic rings. The second kappa shape index (κ2) is 7.79. The highest BCUT2D eigenvalue weighted by Gasteiger charge is 2.64. The Balaban J connectivity index is 1.56. The first kappa shape index (κ1) is 22.1. The normalized spacial score (nSPS) is 48.7. The Morgan fingerprint density at radius 3 is 2.47 bits per heavy atom. The Morgan fingerprint density at radius 1 is 1.07 bits per heavy atom. The molecule has 0 aliphatic heterocycles. The molecule has 0 bridgehead atoms. The first-order chi connectivity index (χ1) is 14.1. The number of aliphatic hydroxyl groups excluding tert-OH is 1. The predicted octanol–water partition coefficient (Wildman–Crippen LogP) is 4.36. The Hall–Kier alpha value is -1.10. The molecule has 0 saturated heterocycles. The molecular formula is C25H40O5. The average Bonchev–Trinajstić information content (AvgIpc) is 3.02. The van der Waals surface area contributed by atoms with Crippen molar-refractivity contribution in [2.45, 2.75) is 91.3 Å². The lowest BCUT2D eigenvalue weighted by atomic mass is 9.43. The van der Waals surface area contributed by atoms with Crippen molar-refractivity contribution in [1.82, 2.24) is 0 Å². The lowest BCUT2D eigenvalue weighted by Crippen LogP contribution is -2.59. The molecule has 0 amide bonds. The molecule has 4 saturated carbocycles. The van der Waals surface area contributed by atoms with Gasteiger partial charge in [-0.15, -0.1) is 0 Å². The van der Waals surface area contributed by atoms with Crippen LogP contribution < -0.4 is 0 Å². The smallest absolute Gasteiger partial charge is 0.308 e. The average molecular weight is 421 g/mol. The number of carbonyl (C=O) groups excluding carboxylic acids is 2. The van der Waals surface area contributed by atoms with Crippen LogP contribution in [0.25, 0.3) is 0 Å². The molecule has 4 rings (SSSR count). The Bertz CT molecular complexity index is 691. The maximum Gasteiger partial charge on any atom is 0.308 e. The van der Waals surface area contributed by atoms with E-state index < -0.39 is 0 Å². The van der Waals surface area contributed by atoms with Crippen LogP contribution in [0.4, 0.5) is 0 Å². The molecular weight excluding hydrogens is 380 g/mol. The van der Waals surface area contributed by atoms with Gasteiger partial charge in [-0.25, -0.2) is 0 Å². The van der Waals surface area contributed by atoms with E-state index in [9.17, 15) is 14.7 Å². The highest BCUT2D eigenvalue weighted by Crippen LogP contribution is 2.68. The van der Waals surface area contributed by atoms with Gasteiger partial charge < -0.3 is 14.6 Å². The zero-order valence-electron chi connectivity index (χ0n) is 19.4. The summed E-state index contributed by atoms with van der Waals surface area (Å²) in [7, 11) is 1.48. The molecule has 0 aromatic carbocycles. The van der Waals surface area contributed by atoms with Crippen molar-refractivity contribution in [2.75, 3.05) is 7.11 Å². The monoisotopic (exact) mass is 420 g/mol. The van der Waals surface area contributed by atoms with E-state index in [-0.39, 0.29) is 46.8 Å². The van der Waals surface area contributed by atoms with Crippen LogP contribution in [0.1, 0.15) is 79.1 Å². The van der Waals surface area contributed by atoms with Gasteiger partial charge in [-0.3, -0.25) is 9.59 Å². The van der Waals surface area contributed by atoms with E-state index >= 15 is 0 Å². The van der Waals surface area contributed by atoms with Gasteiger partial charge in [0, 0.05) is 6.92 Å². The van der Waals surface area contributed by atoms with E-state index in [1.807, 2.05) is 6.92 Å². The Labute approximate surface area is 181 Å². The highest BCUT2D eigenvalue weighted by atomic mass is 16.5. The predicted molar refractivity (Wildman–Crippen MR) is 113 cm³/mol. The van der Waals surface area contributed by atoms with Crippen LogP contribution in [0, 0.1) is 46.3 Å². The summed E-state index contributed by atoms with van der Waals surface area (Å²) < 4.78 is 10.6. The summed E-state index contributed by atoms with van der Waals surface area (Å²) in [6.45, 7) is 8.24. The molecule has 5 heteroatoms. The van der Waals surface area contributed by atoms with E-state index in [1.165, 1.54) is 14.0 Å². The molecule has 1 N–H and O–H groups in total. The number of hydrogen-bond donors (Lipinski definition) is 1. The number of esters is 2. The fraction of sp³-hybridized carbons (Fsp3) is 0.920. The van der Waals surface area contributed by atoms with Gasteiger partial charge in [0.25, 0.3) is 0 Å². The SMILES string of the molecule is COC(=O)[C@@H](C)[C@H]1CC[C@H]2[C@@H]3CC[C@H]4C[C@H](OC(C)=O)CC[C@]4(C)[C@H]3[C@@H](O)C[C@]12C. The van der Waals surface area contributed by atoms with Crippen molar-refractivity contribution in [3.63, 3.8) is 0 Å². The van der Waals surface area contributed by atoms with Crippen LogP contribution >= 0.6 is 0 Å². The molecule has 0 heterocycles. The third-order valence-corrected chi connectivity index (χ3v) is 10.1. The molecule has 0 spiro atoms. The molecule has 0 radical (unpaired) electrons. The number of methoxy groups -OCH3 is 1. The molecule has 10 atom stereocenters. The summed E-state index contributed by atoms with van der Waals surface area (Å²) >= 11 is 0. The van der Waals surface area contributed by atoms with Crippen molar-refractivity contribution in [3.8, 4) is 0 Å². The summed E-state index contributed by atoms with van der Waals surface area (Å²) in [5.74, 6) is 1.82. The van der Waals surface area contributed by atoms with E-state index in [0.717, 1.165) is 51.4 Å². The second-order valence-electron chi connectivity index (χ2n) is 11.4. The van der Waals surface area contributed by atoms with Gasteiger partial charge in [-0.05, 0) is 91.8 Å². The molecule has 5 nitrogen and oxygen atoms in total. The van der Waals surface area contributed by atoms with Gasteiger partial charge in [0.1, 0.15) is 6.10 Å². The highest BCUT2D eigenvalue weighted by molar-refractivity contribution is 5.72. The summed E-state index contributed by atoms with van der Waals surface area (Å²) in [4.78, 5) is 23.8. The first-order valence-electron chi connectivity index (χ1n) is 12.0. The van der Waals surface area contributed by atoms with Crippen LogP contribution in [-0.4, -0.2) is 36.4 Å². The minimum atomic E-state index is -0.320. The minimum Gasteiger partial charge on any atom is -0.469 e. The van der Waals surface area contributed by atoms with Gasteiger partial charge in [0.15, 0.2) is 0 Å². The zero-order chi connectivity index (χ0) is 21.8. The largest absolute Gasteiger partial charge is 0.469 e. The molecule has 4 fully saturated rings. The number of fused-ring (bicyclic) bond motifs is 5. The number of rotatable bonds is 3. The van der Waals surface area contributed by atoms with Crippen molar-refractivity contribution in [2.24, 2.45) is 46.3 Å². The van der Waals surface area contributed by atoms with Gasteiger partial charge in [-0.2, -0.15) is 0 Å². The first-order valence-corrected chi connectivity index (χ1v) is 12.0. The van der Waals surface area contributed by atoms with Crippen molar-refractivity contribution in [1.29, 1.82) is 0 Å². The van der Waals surface area contributed by atoms with Crippen LogP contribution in [0.15, 0.2) is 0 Å². The standard InChI is InChI=1S/C25H40O5/c1-14(23(28)29-5)19-8-9-20-18-7-6-16-12-17(30-15(2)26)10-11-24(16,3)22(18)21(27)13-25(19,20)4/h14,16-22,27H,6-13H2,1-5H3/t14-,16-,17+,18-,19+,20-,21-,22+,24-,25+/m0/s1. The van der Waals surface area contributed by atoms with E-state index in [0.29, 0.717) is 23.7 Å². The van der Waals surface area contributed by atoms with Gasteiger partial charge >= 0.3 is 11.9 Å². The number of carbonyl (C=O) groups is 2. The number of hydrogen-bond acceptors (Lipinski definition) is 5. The van der Waals surface area contributed by atoms with Crippen LogP contribution in [-0.2, 0) is 19.1 Å². The molecule has 4 aliphatic rings. The van der Waals surface area contributed by atoms with Crippen LogP contribution in [0.5, 0.6) is 0 Å². The van der Waals surface area contributed by atoms with E-state index in [2.05, 4.69) is 13.8 Å². The third-order valence-electron chi connectivity index (χ3n) is 10.1. The quantitative estimate of drug-likeness (QED) is 0.687. The summed E-state index contributed by atoms with van der Waals surface area (Å²) in [5, 5.41) is 11.5. The van der Waals surface area contributed by atoms with Crippen molar-refractivity contribution in [3.05, 3.63) is 0 Å². The molecule has 4 aliphatic carbocycles. The topological polar surface area (TPSA) is 72.8 Å². The molecule has 0 aromatic heterocycles. The Kier molecular flexibility index (Phi) is 5.74. The van der Waals surface area contributed by atoms with Gasteiger partial charge in [0.05, 0.1) is 19.1 Å². The maximum atomic E-state index is 12.3. The zero-order valence-corrected chi connectivity index (χ0v) is 19.4. The molecule has 0 unspecified atom stereocenters. The maximum absolute atomic E-state index is 12.3. The van der Waals surface area contributed by atoms with Gasteiger partial charge in [0.2, 0.25) is 0 Å². The fourth-order valence-corrected chi connectivity index (χ4v) is 8.90. The fourth-order valence-electron chi connectivity index (χ4n) is 8.90. The van der Waals surface area contributed by atoms with E-state index in [1.54, 1.807) is 0 Å². The van der Waals surface area contributed by atoms with Gasteiger partial charge in [-0.1, -0.05) is 20.8 Å². The Morgan fingerprint density at radius 2 is 1.80 bits per heavy atom. The van der Waals surface area contributed by atoms with Crippen molar-refractivity contribution >= 4 is 11.9 Å². The lowest BCUT2D eigenvalue weighted by molar-refractivity contribution is -0.187. The van der Waals surface area contributed by atoms with E-state index in [4.69, 9.17) is 9.47 Å². The summed E-state index contributed by atoms with van der Waals surface area (Å²) in [6, 6.07) is 0. The summed E-state index contributed by atoms with van der Waals surface area (Å²) in [6.07, 6.45) is 7.91. The minimum absolute atomic E-state index is 0.00628. The van der Waals surface area contributed by atoms with Crippen molar-refractivity contribution < 1.29 is 24.2 Å². The van der Waals surface area contributed by atoms with Crippen LogP contribution in [0.2, 0.25) is 0 Å². The number of aliphatic hydroxyl groups is 1. The molecule has 30 heavy (non-hydrogen) atoms. The third kappa shape index (κ3) is 3.30. The second-order valence-corrected chi connectivity index (χ2v) is 11.4. The number of ether oxygens (including phenoxy) is 2.